The van der Waals surface area contributed by atoms with Crippen LogP contribution < -0.4 is 5.73 Å². The number of rotatable bonds is 4. The van der Waals surface area contributed by atoms with Gasteiger partial charge in [-0.05, 0) is 42.2 Å². The first-order valence-corrected chi connectivity index (χ1v) is 5.92. The van der Waals surface area contributed by atoms with Gasteiger partial charge in [-0.1, -0.05) is 30.3 Å². The van der Waals surface area contributed by atoms with Gasteiger partial charge < -0.3 is 10.8 Å². The summed E-state index contributed by atoms with van der Waals surface area (Å²) in [6, 6.07) is 13.5. The number of hydrogen-bond donors (Lipinski definition) is 2. The van der Waals surface area contributed by atoms with Crippen LogP contribution in [-0.2, 0) is 12.8 Å². The Hall–Kier alpha value is -1.87. The van der Waals surface area contributed by atoms with E-state index in [-0.39, 0.29) is 17.6 Å². The first-order valence-electron chi connectivity index (χ1n) is 5.92. The number of aromatic hydroxyl groups is 1. The Morgan fingerprint density at radius 3 is 2.33 bits per heavy atom. The summed E-state index contributed by atoms with van der Waals surface area (Å²) in [7, 11) is 0. The number of hydrogen-bond acceptors (Lipinski definition) is 2. The standard InChI is InChI=1S/C15H16FNO/c16-15-4-2-1-3-12(15)10-13(17)9-11-5-7-14(18)8-6-11/h1-8,13,18H,9-10,17H2. The van der Waals surface area contributed by atoms with E-state index in [1.165, 1.54) is 6.07 Å². The maximum Gasteiger partial charge on any atom is 0.126 e. The highest BCUT2D eigenvalue weighted by atomic mass is 19.1. The van der Waals surface area contributed by atoms with Gasteiger partial charge in [-0.25, -0.2) is 4.39 Å². The van der Waals surface area contributed by atoms with E-state index in [4.69, 9.17) is 5.73 Å². The smallest absolute Gasteiger partial charge is 0.126 e. The van der Waals surface area contributed by atoms with Gasteiger partial charge in [0.2, 0.25) is 0 Å². The fourth-order valence-electron chi connectivity index (χ4n) is 1.95. The third kappa shape index (κ3) is 3.31. The molecule has 0 radical (unpaired) electrons. The minimum absolute atomic E-state index is 0.133. The molecule has 0 bridgehead atoms. The van der Waals surface area contributed by atoms with E-state index in [1.807, 2.05) is 18.2 Å². The van der Waals surface area contributed by atoms with Crippen LogP contribution in [-0.4, -0.2) is 11.1 Å². The van der Waals surface area contributed by atoms with Gasteiger partial charge in [-0.15, -0.1) is 0 Å². The summed E-state index contributed by atoms with van der Waals surface area (Å²) < 4.78 is 13.5. The molecule has 0 saturated heterocycles. The number of halogens is 1. The Morgan fingerprint density at radius 2 is 1.67 bits per heavy atom. The largest absolute Gasteiger partial charge is 0.508 e. The molecule has 1 unspecified atom stereocenters. The van der Waals surface area contributed by atoms with Crippen molar-refractivity contribution < 1.29 is 9.50 Å². The van der Waals surface area contributed by atoms with E-state index in [9.17, 15) is 9.50 Å². The van der Waals surface area contributed by atoms with Crippen molar-refractivity contribution >= 4 is 0 Å². The summed E-state index contributed by atoms with van der Waals surface area (Å²) in [5.41, 5.74) is 7.70. The van der Waals surface area contributed by atoms with Crippen LogP contribution in [0.1, 0.15) is 11.1 Å². The molecule has 2 rings (SSSR count). The Morgan fingerprint density at radius 1 is 1.00 bits per heavy atom. The Balaban J connectivity index is 1.99. The third-order valence-corrected chi connectivity index (χ3v) is 2.87. The summed E-state index contributed by atoms with van der Waals surface area (Å²) in [5.74, 6) is 0.0279. The molecular weight excluding hydrogens is 229 g/mol. The number of benzene rings is 2. The first-order chi connectivity index (χ1) is 8.65. The van der Waals surface area contributed by atoms with Gasteiger partial charge in [-0.3, -0.25) is 0 Å². The summed E-state index contributed by atoms with van der Waals surface area (Å²) in [5, 5.41) is 9.18. The molecule has 2 nitrogen and oxygen atoms in total. The van der Waals surface area contributed by atoms with Crippen LogP contribution in [0.2, 0.25) is 0 Å². The van der Waals surface area contributed by atoms with Crippen molar-refractivity contribution in [1.29, 1.82) is 0 Å². The molecule has 0 amide bonds. The summed E-state index contributed by atoms with van der Waals surface area (Å²) in [6.07, 6.45) is 1.17. The van der Waals surface area contributed by atoms with Gasteiger partial charge in [0.1, 0.15) is 11.6 Å². The average molecular weight is 245 g/mol. The third-order valence-electron chi connectivity index (χ3n) is 2.87. The molecule has 0 aliphatic rings. The van der Waals surface area contributed by atoms with E-state index >= 15 is 0 Å². The van der Waals surface area contributed by atoms with Crippen LogP contribution in [0.25, 0.3) is 0 Å². The van der Waals surface area contributed by atoms with Crippen molar-refractivity contribution in [3.05, 3.63) is 65.5 Å². The molecule has 3 heteroatoms. The second-order valence-corrected chi connectivity index (χ2v) is 4.43. The lowest BCUT2D eigenvalue weighted by Crippen LogP contribution is -2.25. The van der Waals surface area contributed by atoms with Crippen LogP contribution in [0.3, 0.4) is 0 Å². The van der Waals surface area contributed by atoms with Crippen LogP contribution in [0.5, 0.6) is 5.75 Å². The van der Waals surface area contributed by atoms with E-state index < -0.39 is 0 Å². The minimum Gasteiger partial charge on any atom is -0.508 e. The van der Waals surface area contributed by atoms with Crippen LogP contribution in [0, 0.1) is 5.82 Å². The van der Waals surface area contributed by atoms with Gasteiger partial charge in [0, 0.05) is 6.04 Å². The molecular formula is C15H16FNO. The highest BCUT2D eigenvalue weighted by molar-refractivity contribution is 5.27. The highest BCUT2D eigenvalue weighted by Crippen LogP contribution is 2.14. The second-order valence-electron chi connectivity index (χ2n) is 4.43. The fraction of sp³-hybridized carbons (Fsp3) is 0.200. The molecule has 0 aliphatic heterocycles. The topological polar surface area (TPSA) is 46.2 Å². The predicted octanol–water partition coefficient (Wildman–Crippen LogP) is 2.64. The highest BCUT2D eigenvalue weighted by Gasteiger charge is 2.08. The quantitative estimate of drug-likeness (QED) is 0.869. The number of phenolic OH excluding ortho intramolecular Hbond substituents is 1. The van der Waals surface area contributed by atoms with Crippen LogP contribution in [0.4, 0.5) is 4.39 Å². The molecule has 0 fully saturated rings. The lowest BCUT2D eigenvalue weighted by Gasteiger charge is -2.12. The Labute approximate surface area is 106 Å². The Bertz CT molecular complexity index is 510. The molecule has 0 aromatic heterocycles. The first kappa shape index (κ1) is 12.6. The normalized spacial score (nSPS) is 12.3. The summed E-state index contributed by atoms with van der Waals surface area (Å²) >= 11 is 0. The van der Waals surface area contributed by atoms with E-state index in [2.05, 4.69) is 0 Å². The van der Waals surface area contributed by atoms with Crippen LogP contribution >= 0.6 is 0 Å². The summed E-state index contributed by atoms with van der Waals surface area (Å²) in [4.78, 5) is 0. The molecule has 0 spiro atoms. The lowest BCUT2D eigenvalue weighted by atomic mass is 9.99. The number of phenols is 1. The van der Waals surface area contributed by atoms with Crippen molar-refractivity contribution in [3.8, 4) is 5.75 Å². The zero-order valence-electron chi connectivity index (χ0n) is 10.0. The van der Waals surface area contributed by atoms with E-state index in [0.29, 0.717) is 18.4 Å². The molecule has 18 heavy (non-hydrogen) atoms. The molecule has 94 valence electrons. The predicted molar refractivity (Wildman–Crippen MR) is 69.9 cm³/mol. The van der Waals surface area contributed by atoms with Gasteiger partial charge in [0.05, 0.1) is 0 Å². The Kier molecular flexibility index (Phi) is 3.95. The molecule has 3 N–H and O–H groups in total. The fourth-order valence-corrected chi connectivity index (χ4v) is 1.95. The van der Waals surface area contributed by atoms with Crippen molar-refractivity contribution in [2.75, 3.05) is 0 Å². The second kappa shape index (κ2) is 5.65. The molecule has 0 aliphatic carbocycles. The monoisotopic (exact) mass is 245 g/mol. The zero-order chi connectivity index (χ0) is 13.0. The molecule has 0 heterocycles. The van der Waals surface area contributed by atoms with E-state index in [1.54, 1.807) is 24.3 Å². The van der Waals surface area contributed by atoms with Gasteiger partial charge in [-0.2, -0.15) is 0 Å². The maximum atomic E-state index is 13.5. The molecule has 2 aromatic carbocycles. The van der Waals surface area contributed by atoms with Crippen molar-refractivity contribution in [3.63, 3.8) is 0 Å². The average Bonchev–Trinajstić information content (AvgIpc) is 2.35. The summed E-state index contributed by atoms with van der Waals surface area (Å²) in [6.45, 7) is 0. The van der Waals surface area contributed by atoms with Gasteiger partial charge in [0.25, 0.3) is 0 Å². The zero-order valence-corrected chi connectivity index (χ0v) is 10.0. The maximum absolute atomic E-state index is 13.5. The minimum atomic E-state index is -0.210. The van der Waals surface area contributed by atoms with Crippen molar-refractivity contribution in [2.24, 2.45) is 5.73 Å². The van der Waals surface area contributed by atoms with Gasteiger partial charge in [0.15, 0.2) is 0 Å². The molecule has 0 saturated carbocycles. The van der Waals surface area contributed by atoms with Gasteiger partial charge >= 0.3 is 0 Å². The van der Waals surface area contributed by atoms with Crippen LogP contribution in [0.15, 0.2) is 48.5 Å². The van der Waals surface area contributed by atoms with E-state index in [0.717, 1.165) is 5.56 Å². The lowest BCUT2D eigenvalue weighted by molar-refractivity contribution is 0.475. The SMILES string of the molecule is NC(Cc1ccc(O)cc1)Cc1ccccc1F. The van der Waals surface area contributed by atoms with Crippen molar-refractivity contribution in [2.45, 2.75) is 18.9 Å². The number of nitrogens with two attached hydrogens (primary N) is 1. The molecule has 2 aromatic rings. The molecule has 1 atom stereocenters. The van der Waals surface area contributed by atoms with Crippen molar-refractivity contribution in [1.82, 2.24) is 0 Å².